The van der Waals surface area contributed by atoms with E-state index < -0.39 is 24.1 Å². The molecular formula is C11H12F3NO3S. The largest absolute Gasteiger partial charge is 0.469 e. The van der Waals surface area contributed by atoms with Crippen LogP contribution in [0.15, 0.2) is 22.0 Å². The molecule has 19 heavy (non-hydrogen) atoms. The highest BCUT2D eigenvalue weighted by molar-refractivity contribution is 7.99. The Kier molecular flexibility index (Phi) is 5.46. The van der Waals surface area contributed by atoms with Crippen molar-refractivity contribution in [3.63, 3.8) is 0 Å². The summed E-state index contributed by atoms with van der Waals surface area (Å²) in [5.74, 6) is -0.0306. The standard InChI is InChI=1S/C11H12F3NO3S/c1-18-9(16)2-3-19-8-4-7(5-11(12,13)14)10(17)15-6-8/h4,6H,2-3,5H2,1H3,(H,15,17). The number of pyridine rings is 1. The molecular weight excluding hydrogens is 283 g/mol. The van der Waals surface area contributed by atoms with Gasteiger partial charge in [0.1, 0.15) is 0 Å². The maximum Gasteiger partial charge on any atom is 0.393 e. The first-order valence-electron chi connectivity index (χ1n) is 5.30. The molecule has 1 heterocycles. The summed E-state index contributed by atoms with van der Waals surface area (Å²) in [6.07, 6.45) is -4.23. The summed E-state index contributed by atoms with van der Waals surface area (Å²) in [7, 11) is 1.26. The van der Waals surface area contributed by atoms with Gasteiger partial charge in [-0.15, -0.1) is 11.8 Å². The number of alkyl halides is 3. The Morgan fingerprint density at radius 2 is 2.16 bits per heavy atom. The van der Waals surface area contributed by atoms with Crippen LogP contribution in [0.5, 0.6) is 0 Å². The Hall–Kier alpha value is -1.44. The lowest BCUT2D eigenvalue weighted by Gasteiger charge is -2.07. The van der Waals surface area contributed by atoms with Crippen molar-refractivity contribution < 1.29 is 22.7 Å². The SMILES string of the molecule is COC(=O)CCSc1c[nH]c(=O)c(CC(F)(F)F)c1. The van der Waals surface area contributed by atoms with Gasteiger partial charge in [-0.3, -0.25) is 9.59 Å². The lowest BCUT2D eigenvalue weighted by molar-refractivity contribution is -0.140. The van der Waals surface area contributed by atoms with E-state index >= 15 is 0 Å². The molecule has 0 bridgehead atoms. The molecule has 0 spiro atoms. The number of hydrogen-bond acceptors (Lipinski definition) is 4. The first-order chi connectivity index (χ1) is 8.81. The molecule has 0 aliphatic heterocycles. The molecule has 0 radical (unpaired) electrons. The number of nitrogens with one attached hydrogen (secondary N) is 1. The maximum absolute atomic E-state index is 12.2. The number of carbonyl (C=O) groups is 1. The van der Waals surface area contributed by atoms with E-state index in [1.54, 1.807) is 0 Å². The van der Waals surface area contributed by atoms with Gasteiger partial charge in [-0.05, 0) is 6.07 Å². The van der Waals surface area contributed by atoms with Crippen molar-refractivity contribution in [2.24, 2.45) is 0 Å². The summed E-state index contributed by atoms with van der Waals surface area (Å²) >= 11 is 1.17. The number of esters is 1. The van der Waals surface area contributed by atoms with Gasteiger partial charge in [0, 0.05) is 22.4 Å². The second kappa shape index (κ2) is 6.65. The van der Waals surface area contributed by atoms with Crippen LogP contribution in [0.3, 0.4) is 0 Å². The average molecular weight is 295 g/mol. The highest BCUT2D eigenvalue weighted by Crippen LogP contribution is 2.23. The summed E-state index contributed by atoms with van der Waals surface area (Å²) in [5, 5.41) is 0. The van der Waals surface area contributed by atoms with E-state index in [0.717, 1.165) is 0 Å². The second-order valence-electron chi connectivity index (χ2n) is 3.66. The Morgan fingerprint density at radius 3 is 2.74 bits per heavy atom. The van der Waals surface area contributed by atoms with E-state index in [0.29, 0.717) is 10.6 Å². The molecule has 1 aromatic rings. The van der Waals surface area contributed by atoms with Gasteiger partial charge in [-0.1, -0.05) is 0 Å². The van der Waals surface area contributed by atoms with E-state index in [1.807, 2.05) is 0 Å². The number of rotatable bonds is 5. The Balaban J connectivity index is 2.68. The summed E-state index contributed by atoms with van der Waals surface area (Å²) in [5.41, 5.74) is -1.09. The van der Waals surface area contributed by atoms with Crippen LogP contribution in [0.4, 0.5) is 13.2 Å². The highest BCUT2D eigenvalue weighted by Gasteiger charge is 2.29. The predicted octanol–water partition coefficient (Wildman–Crippen LogP) is 2.13. The third kappa shape index (κ3) is 5.82. The van der Waals surface area contributed by atoms with Gasteiger partial charge < -0.3 is 9.72 Å². The van der Waals surface area contributed by atoms with Crippen molar-refractivity contribution in [2.75, 3.05) is 12.9 Å². The van der Waals surface area contributed by atoms with Gasteiger partial charge in [-0.25, -0.2) is 0 Å². The van der Waals surface area contributed by atoms with E-state index in [1.165, 1.54) is 31.1 Å². The zero-order chi connectivity index (χ0) is 14.5. The number of methoxy groups -OCH3 is 1. The van der Waals surface area contributed by atoms with Gasteiger partial charge >= 0.3 is 12.1 Å². The zero-order valence-electron chi connectivity index (χ0n) is 10.0. The Labute approximate surface area is 111 Å². The topological polar surface area (TPSA) is 59.2 Å². The van der Waals surface area contributed by atoms with Crippen LogP contribution in [-0.4, -0.2) is 30.0 Å². The third-order valence-corrected chi connectivity index (χ3v) is 3.12. The first-order valence-corrected chi connectivity index (χ1v) is 6.28. The smallest absolute Gasteiger partial charge is 0.393 e. The molecule has 0 unspecified atom stereocenters. The van der Waals surface area contributed by atoms with Crippen molar-refractivity contribution >= 4 is 17.7 Å². The molecule has 0 aliphatic rings. The van der Waals surface area contributed by atoms with Gasteiger partial charge in [0.05, 0.1) is 20.0 Å². The van der Waals surface area contributed by atoms with Crippen LogP contribution in [0.25, 0.3) is 0 Å². The average Bonchev–Trinajstić information content (AvgIpc) is 2.31. The first kappa shape index (κ1) is 15.6. The van der Waals surface area contributed by atoms with Gasteiger partial charge in [-0.2, -0.15) is 13.2 Å². The summed E-state index contributed by atoms with van der Waals surface area (Å²) < 4.78 is 41.1. The van der Waals surface area contributed by atoms with Gasteiger partial charge in [0.25, 0.3) is 5.56 Å². The number of aromatic amines is 1. The molecule has 0 saturated heterocycles. The minimum absolute atomic E-state index is 0.148. The van der Waals surface area contributed by atoms with E-state index in [4.69, 9.17) is 0 Å². The number of H-pyrrole nitrogens is 1. The highest BCUT2D eigenvalue weighted by atomic mass is 32.2. The van der Waals surface area contributed by atoms with Crippen LogP contribution in [-0.2, 0) is 16.0 Å². The second-order valence-corrected chi connectivity index (χ2v) is 4.82. The van der Waals surface area contributed by atoms with Crippen molar-refractivity contribution in [1.29, 1.82) is 0 Å². The molecule has 0 amide bonds. The maximum atomic E-state index is 12.2. The fourth-order valence-corrected chi connectivity index (χ4v) is 2.17. The van der Waals surface area contributed by atoms with Gasteiger partial charge in [0.2, 0.25) is 0 Å². The van der Waals surface area contributed by atoms with Crippen LogP contribution in [0.2, 0.25) is 0 Å². The molecule has 1 rings (SSSR count). The third-order valence-electron chi connectivity index (χ3n) is 2.15. The monoisotopic (exact) mass is 295 g/mol. The van der Waals surface area contributed by atoms with Crippen LogP contribution in [0, 0.1) is 0 Å². The lowest BCUT2D eigenvalue weighted by atomic mass is 10.2. The molecule has 0 fully saturated rings. The summed E-state index contributed by atoms with van der Waals surface area (Å²) in [6, 6.07) is 1.19. The summed E-state index contributed by atoms with van der Waals surface area (Å²) in [4.78, 5) is 24.8. The fraction of sp³-hybridized carbons (Fsp3) is 0.455. The van der Waals surface area contributed by atoms with Crippen LogP contribution >= 0.6 is 11.8 Å². The quantitative estimate of drug-likeness (QED) is 0.668. The minimum Gasteiger partial charge on any atom is -0.469 e. The zero-order valence-corrected chi connectivity index (χ0v) is 10.9. The minimum atomic E-state index is -4.43. The number of ether oxygens (including phenoxy) is 1. The van der Waals surface area contributed by atoms with Gasteiger partial charge in [0.15, 0.2) is 0 Å². The molecule has 0 saturated carbocycles. The van der Waals surface area contributed by atoms with Crippen LogP contribution < -0.4 is 5.56 Å². The molecule has 0 atom stereocenters. The van der Waals surface area contributed by atoms with Crippen molar-refractivity contribution in [3.8, 4) is 0 Å². The molecule has 106 valence electrons. The number of carbonyl (C=O) groups excluding carboxylic acids is 1. The lowest BCUT2D eigenvalue weighted by Crippen LogP contribution is -2.20. The number of halogens is 3. The number of thioether (sulfide) groups is 1. The van der Waals surface area contributed by atoms with Crippen molar-refractivity contribution in [2.45, 2.75) is 23.9 Å². The molecule has 1 N–H and O–H groups in total. The Bertz CT molecular complexity index is 499. The van der Waals surface area contributed by atoms with E-state index in [-0.39, 0.29) is 12.0 Å². The van der Waals surface area contributed by atoms with E-state index in [9.17, 15) is 22.8 Å². The Morgan fingerprint density at radius 1 is 1.47 bits per heavy atom. The molecule has 0 aromatic carbocycles. The normalized spacial score (nSPS) is 11.4. The molecule has 4 nitrogen and oxygen atoms in total. The molecule has 1 aromatic heterocycles. The molecule has 8 heteroatoms. The predicted molar refractivity (Wildman–Crippen MR) is 64.2 cm³/mol. The summed E-state index contributed by atoms with van der Waals surface area (Å²) in [6.45, 7) is 0. The van der Waals surface area contributed by atoms with Crippen molar-refractivity contribution in [3.05, 3.63) is 28.2 Å². The van der Waals surface area contributed by atoms with Crippen molar-refractivity contribution in [1.82, 2.24) is 4.98 Å². The van der Waals surface area contributed by atoms with Crippen LogP contribution in [0.1, 0.15) is 12.0 Å². The van der Waals surface area contributed by atoms with E-state index in [2.05, 4.69) is 9.72 Å². The molecule has 0 aliphatic carbocycles. The number of hydrogen-bond donors (Lipinski definition) is 1. The fourth-order valence-electron chi connectivity index (χ4n) is 1.29. The number of aromatic nitrogens is 1.